The van der Waals surface area contributed by atoms with Crippen molar-refractivity contribution in [3.63, 3.8) is 0 Å². The lowest BCUT2D eigenvalue weighted by Crippen LogP contribution is -2.34. The molecule has 3 rings (SSSR count). The highest BCUT2D eigenvalue weighted by molar-refractivity contribution is 5.49. The van der Waals surface area contributed by atoms with E-state index in [-0.39, 0.29) is 5.82 Å². The molecule has 2 aliphatic heterocycles. The van der Waals surface area contributed by atoms with Crippen LogP contribution in [0.25, 0.3) is 0 Å². The fraction of sp³-hybridized carbons (Fsp3) is 0.500. The molecule has 1 aromatic rings. The van der Waals surface area contributed by atoms with Gasteiger partial charge in [-0.2, -0.15) is 0 Å². The molecule has 0 N–H and O–H groups in total. The Balaban J connectivity index is 1.81. The molecule has 0 aromatic heterocycles. The molecule has 2 fully saturated rings. The summed E-state index contributed by atoms with van der Waals surface area (Å²) in [6, 6.07) is 6.83. The van der Waals surface area contributed by atoms with Crippen molar-refractivity contribution in [2.45, 2.75) is 12.2 Å². The first kappa shape index (κ1) is 10.1. The van der Waals surface area contributed by atoms with E-state index in [4.69, 9.17) is 9.47 Å². The molecule has 0 amide bonds. The molecule has 4 heteroatoms. The number of hydrogen-bond acceptors (Lipinski definition) is 3. The lowest BCUT2D eigenvalue weighted by Gasteiger charge is -2.23. The number of nitrogens with zero attached hydrogens (tertiary/aromatic N) is 1. The largest absolute Gasteiger partial charge is 0.364 e. The van der Waals surface area contributed by atoms with Gasteiger partial charge >= 0.3 is 0 Å². The van der Waals surface area contributed by atoms with Gasteiger partial charge in [0, 0.05) is 13.0 Å². The Hall–Kier alpha value is -1.13. The average molecular weight is 223 g/mol. The van der Waals surface area contributed by atoms with Gasteiger partial charge in [-0.3, -0.25) is 0 Å². The molecular formula is C12H14FNO2. The third kappa shape index (κ3) is 1.58. The molecule has 0 aliphatic carbocycles. The summed E-state index contributed by atoms with van der Waals surface area (Å²) in [4.78, 5) is 1.99. The van der Waals surface area contributed by atoms with Crippen molar-refractivity contribution < 1.29 is 13.9 Å². The van der Waals surface area contributed by atoms with Gasteiger partial charge in [0.2, 0.25) is 0 Å². The van der Waals surface area contributed by atoms with Crippen LogP contribution in [0.15, 0.2) is 24.3 Å². The Morgan fingerprint density at radius 2 is 1.94 bits per heavy atom. The first-order chi connectivity index (χ1) is 7.79. The maximum atomic E-state index is 13.6. The maximum Gasteiger partial charge on any atom is 0.187 e. The van der Waals surface area contributed by atoms with Crippen LogP contribution in [0, 0.1) is 5.82 Å². The van der Waals surface area contributed by atoms with E-state index in [0.717, 1.165) is 13.0 Å². The molecule has 0 saturated carbocycles. The van der Waals surface area contributed by atoms with Crippen LogP contribution in [0.5, 0.6) is 0 Å². The smallest absolute Gasteiger partial charge is 0.187 e. The van der Waals surface area contributed by atoms with Crippen molar-refractivity contribution in [2.75, 3.05) is 31.2 Å². The summed E-state index contributed by atoms with van der Waals surface area (Å²) in [7, 11) is 0. The van der Waals surface area contributed by atoms with Crippen LogP contribution < -0.4 is 4.90 Å². The average Bonchev–Trinajstić information content (AvgIpc) is 2.91. The Bertz CT molecular complexity index is 390. The van der Waals surface area contributed by atoms with Gasteiger partial charge in [0.05, 0.1) is 25.4 Å². The number of hydrogen-bond donors (Lipinski definition) is 0. The zero-order valence-corrected chi connectivity index (χ0v) is 8.99. The highest BCUT2D eigenvalue weighted by Crippen LogP contribution is 2.34. The molecule has 0 atom stereocenters. The molecule has 0 unspecified atom stereocenters. The zero-order chi connectivity index (χ0) is 11.0. The summed E-state index contributed by atoms with van der Waals surface area (Å²) in [5.74, 6) is -0.667. The van der Waals surface area contributed by atoms with Crippen LogP contribution >= 0.6 is 0 Å². The van der Waals surface area contributed by atoms with E-state index in [1.807, 2.05) is 11.0 Å². The molecule has 2 saturated heterocycles. The number of benzene rings is 1. The van der Waals surface area contributed by atoms with Crippen LogP contribution in [0.1, 0.15) is 6.42 Å². The van der Waals surface area contributed by atoms with Crippen molar-refractivity contribution in [2.24, 2.45) is 0 Å². The van der Waals surface area contributed by atoms with Crippen molar-refractivity contribution in [1.82, 2.24) is 0 Å². The van der Waals surface area contributed by atoms with Crippen LogP contribution in [0.3, 0.4) is 0 Å². The van der Waals surface area contributed by atoms with Gasteiger partial charge in [0.25, 0.3) is 0 Å². The normalized spacial score (nSPS) is 23.2. The van der Waals surface area contributed by atoms with Crippen LogP contribution in [0.2, 0.25) is 0 Å². The number of anilines is 1. The Kier molecular flexibility index (Phi) is 2.33. The lowest BCUT2D eigenvalue weighted by atomic mass is 10.2. The molecule has 86 valence electrons. The van der Waals surface area contributed by atoms with E-state index < -0.39 is 5.79 Å². The van der Waals surface area contributed by atoms with Crippen molar-refractivity contribution in [3.8, 4) is 0 Å². The van der Waals surface area contributed by atoms with E-state index in [2.05, 4.69) is 0 Å². The second-order valence-electron chi connectivity index (χ2n) is 4.23. The Labute approximate surface area is 93.8 Å². The van der Waals surface area contributed by atoms with Crippen molar-refractivity contribution in [3.05, 3.63) is 30.1 Å². The second-order valence-corrected chi connectivity index (χ2v) is 4.23. The minimum Gasteiger partial charge on any atom is -0.364 e. The highest BCUT2D eigenvalue weighted by Gasteiger charge is 2.43. The topological polar surface area (TPSA) is 21.7 Å². The quantitative estimate of drug-likeness (QED) is 0.724. The second kappa shape index (κ2) is 3.71. The number of halogens is 1. The lowest BCUT2D eigenvalue weighted by molar-refractivity contribution is -0.137. The van der Waals surface area contributed by atoms with Gasteiger partial charge in [0.1, 0.15) is 5.82 Å². The summed E-state index contributed by atoms with van der Waals surface area (Å²) in [5.41, 5.74) is 0.637. The summed E-state index contributed by atoms with van der Waals surface area (Å²) in [6.45, 7) is 2.69. The van der Waals surface area contributed by atoms with Gasteiger partial charge in [0.15, 0.2) is 5.79 Å². The van der Waals surface area contributed by atoms with Gasteiger partial charge < -0.3 is 14.4 Å². The standard InChI is InChI=1S/C12H14FNO2/c13-10-3-1-2-4-11(10)14-6-5-12(9-14)15-7-8-16-12/h1-4H,5-9H2. The number of rotatable bonds is 1. The third-order valence-electron chi connectivity index (χ3n) is 3.20. The minimum absolute atomic E-state index is 0.183. The number of para-hydroxylation sites is 1. The first-order valence-corrected chi connectivity index (χ1v) is 5.57. The molecule has 16 heavy (non-hydrogen) atoms. The monoisotopic (exact) mass is 223 g/mol. The summed E-state index contributed by atoms with van der Waals surface area (Å²) < 4.78 is 24.8. The summed E-state index contributed by atoms with van der Waals surface area (Å²) >= 11 is 0. The molecule has 3 nitrogen and oxygen atoms in total. The van der Waals surface area contributed by atoms with Gasteiger partial charge in [-0.25, -0.2) is 4.39 Å². The van der Waals surface area contributed by atoms with Crippen LogP contribution in [-0.2, 0) is 9.47 Å². The van der Waals surface area contributed by atoms with E-state index in [1.54, 1.807) is 12.1 Å². The Morgan fingerprint density at radius 1 is 1.19 bits per heavy atom. The van der Waals surface area contributed by atoms with E-state index in [9.17, 15) is 4.39 Å². The molecule has 1 spiro atoms. The predicted molar refractivity (Wildman–Crippen MR) is 57.9 cm³/mol. The molecule has 2 aliphatic rings. The summed E-state index contributed by atoms with van der Waals surface area (Å²) in [6.07, 6.45) is 0.807. The molecule has 0 radical (unpaired) electrons. The third-order valence-corrected chi connectivity index (χ3v) is 3.20. The highest BCUT2D eigenvalue weighted by atomic mass is 19.1. The van der Waals surface area contributed by atoms with E-state index in [0.29, 0.717) is 25.4 Å². The van der Waals surface area contributed by atoms with Gasteiger partial charge in [-0.05, 0) is 12.1 Å². The van der Waals surface area contributed by atoms with Crippen molar-refractivity contribution in [1.29, 1.82) is 0 Å². The molecule has 1 aromatic carbocycles. The summed E-state index contributed by atoms with van der Waals surface area (Å²) in [5, 5.41) is 0. The van der Waals surface area contributed by atoms with Gasteiger partial charge in [-0.15, -0.1) is 0 Å². The van der Waals surface area contributed by atoms with Crippen LogP contribution in [-0.4, -0.2) is 32.1 Å². The fourth-order valence-corrected chi connectivity index (χ4v) is 2.40. The fourth-order valence-electron chi connectivity index (χ4n) is 2.40. The Morgan fingerprint density at radius 3 is 2.69 bits per heavy atom. The molecular weight excluding hydrogens is 209 g/mol. The predicted octanol–water partition coefficient (Wildman–Crippen LogP) is 1.78. The SMILES string of the molecule is Fc1ccccc1N1CCC2(C1)OCCO2. The maximum absolute atomic E-state index is 13.6. The zero-order valence-electron chi connectivity index (χ0n) is 8.99. The van der Waals surface area contributed by atoms with Crippen LogP contribution in [0.4, 0.5) is 10.1 Å². The molecule has 0 bridgehead atoms. The first-order valence-electron chi connectivity index (χ1n) is 5.57. The minimum atomic E-state index is -0.484. The van der Waals surface area contributed by atoms with E-state index in [1.165, 1.54) is 6.07 Å². The number of ether oxygens (including phenoxy) is 2. The van der Waals surface area contributed by atoms with Gasteiger partial charge in [-0.1, -0.05) is 12.1 Å². The molecule has 2 heterocycles. The van der Waals surface area contributed by atoms with E-state index >= 15 is 0 Å². The van der Waals surface area contributed by atoms with Crippen molar-refractivity contribution >= 4 is 5.69 Å².